The third-order valence-corrected chi connectivity index (χ3v) is 4.65. The zero-order valence-electron chi connectivity index (χ0n) is 19.4. The van der Waals surface area contributed by atoms with Gasteiger partial charge in [0, 0.05) is 6.92 Å². The maximum Gasteiger partial charge on any atom is 0.308 e. The minimum absolute atomic E-state index is 0.131. The lowest BCUT2D eigenvalue weighted by Crippen LogP contribution is -2.22. The van der Waals surface area contributed by atoms with Crippen molar-refractivity contribution < 1.29 is 38.3 Å². The van der Waals surface area contributed by atoms with Crippen LogP contribution in [0, 0.1) is 0 Å². The van der Waals surface area contributed by atoms with Gasteiger partial charge in [-0.15, -0.1) is 0 Å². The Labute approximate surface area is 188 Å². The average molecular weight is 446 g/mol. The van der Waals surface area contributed by atoms with Crippen LogP contribution in [-0.4, -0.2) is 45.6 Å². The van der Waals surface area contributed by atoms with E-state index in [0.717, 1.165) is 5.56 Å². The van der Waals surface area contributed by atoms with E-state index in [4.69, 9.17) is 28.4 Å². The van der Waals surface area contributed by atoms with Crippen molar-refractivity contribution >= 4 is 12.0 Å². The van der Waals surface area contributed by atoms with Gasteiger partial charge in [-0.05, 0) is 49.2 Å². The van der Waals surface area contributed by atoms with E-state index < -0.39 is 18.2 Å². The van der Waals surface area contributed by atoms with Crippen LogP contribution in [-0.2, 0) is 4.79 Å². The maximum absolute atomic E-state index is 11.5. The molecule has 1 N–H and O–H groups in total. The second-order valence-corrected chi connectivity index (χ2v) is 6.87. The minimum atomic E-state index is -1.10. The quantitative estimate of drug-likeness (QED) is 0.429. The highest BCUT2D eigenvalue weighted by Crippen LogP contribution is 2.43. The van der Waals surface area contributed by atoms with Crippen LogP contribution in [0.15, 0.2) is 30.3 Å². The number of benzene rings is 2. The van der Waals surface area contributed by atoms with E-state index in [9.17, 15) is 9.90 Å². The van der Waals surface area contributed by atoms with Crippen molar-refractivity contribution in [2.45, 2.75) is 33.0 Å². The zero-order chi connectivity index (χ0) is 23.8. The summed E-state index contributed by atoms with van der Waals surface area (Å²) in [7, 11) is 5.94. The number of allylic oxidation sites excluding steroid dienone is 1. The third-order valence-electron chi connectivity index (χ3n) is 4.65. The molecule has 8 heteroatoms. The Morgan fingerprint density at radius 3 is 1.88 bits per heavy atom. The van der Waals surface area contributed by atoms with Gasteiger partial charge in [-0.3, -0.25) is 4.79 Å². The van der Waals surface area contributed by atoms with Gasteiger partial charge in [0.05, 0.1) is 28.4 Å². The number of carbonyl (C=O) groups is 1. The molecule has 2 atom stereocenters. The van der Waals surface area contributed by atoms with Crippen LogP contribution >= 0.6 is 0 Å². The molecule has 0 heterocycles. The molecular weight excluding hydrogens is 416 g/mol. The fourth-order valence-corrected chi connectivity index (χ4v) is 3.18. The first-order valence-electron chi connectivity index (χ1n) is 9.97. The number of aliphatic hydroxyl groups excluding tert-OH is 1. The number of hydrogen-bond acceptors (Lipinski definition) is 8. The van der Waals surface area contributed by atoms with Gasteiger partial charge in [0.2, 0.25) is 11.5 Å². The van der Waals surface area contributed by atoms with Crippen LogP contribution in [0.25, 0.3) is 6.08 Å². The Balaban J connectivity index is 2.43. The summed E-state index contributed by atoms with van der Waals surface area (Å²) in [6, 6.07) is 6.73. The van der Waals surface area contributed by atoms with Gasteiger partial charge < -0.3 is 33.5 Å². The van der Waals surface area contributed by atoms with Crippen LogP contribution in [0.5, 0.6) is 34.5 Å². The van der Waals surface area contributed by atoms with E-state index in [1.54, 1.807) is 13.0 Å². The molecule has 32 heavy (non-hydrogen) atoms. The normalized spacial score (nSPS) is 12.8. The van der Waals surface area contributed by atoms with Crippen molar-refractivity contribution in [2.75, 3.05) is 28.4 Å². The molecule has 0 aliphatic heterocycles. The van der Waals surface area contributed by atoms with Gasteiger partial charge in [0.25, 0.3) is 0 Å². The molecular formula is C24H30O8. The molecule has 0 spiro atoms. The average Bonchev–Trinajstić information content (AvgIpc) is 2.78. The predicted octanol–water partition coefficient (Wildman–Crippen LogP) is 4.18. The number of carbonyl (C=O) groups excluding carboxylic acids is 1. The lowest BCUT2D eigenvalue weighted by atomic mass is 10.0. The molecule has 174 valence electrons. The largest absolute Gasteiger partial charge is 0.493 e. The second-order valence-electron chi connectivity index (χ2n) is 6.87. The Bertz CT molecular complexity index is 942. The molecule has 0 aromatic heterocycles. The van der Waals surface area contributed by atoms with Gasteiger partial charge in [0.15, 0.2) is 23.0 Å². The topological polar surface area (TPSA) is 92.7 Å². The number of rotatable bonds is 10. The molecule has 0 bridgehead atoms. The van der Waals surface area contributed by atoms with Crippen molar-refractivity contribution in [1.29, 1.82) is 0 Å². The van der Waals surface area contributed by atoms with Gasteiger partial charge >= 0.3 is 5.97 Å². The summed E-state index contributed by atoms with van der Waals surface area (Å²) in [4.78, 5) is 11.5. The third kappa shape index (κ3) is 5.64. The van der Waals surface area contributed by atoms with Crippen molar-refractivity contribution in [3.63, 3.8) is 0 Å². The highest BCUT2D eigenvalue weighted by Gasteiger charge is 2.26. The molecule has 2 aromatic rings. The first-order valence-corrected chi connectivity index (χ1v) is 9.97. The molecule has 0 fully saturated rings. The summed E-state index contributed by atoms with van der Waals surface area (Å²) >= 11 is 0. The molecule has 0 saturated heterocycles. The first kappa shape index (κ1) is 24.9. The monoisotopic (exact) mass is 446 g/mol. The Hall–Kier alpha value is -3.39. The Morgan fingerprint density at radius 2 is 1.41 bits per heavy atom. The number of methoxy groups -OCH3 is 4. The number of ether oxygens (including phenoxy) is 6. The number of aliphatic hydroxyl groups is 1. The van der Waals surface area contributed by atoms with E-state index in [0.29, 0.717) is 28.6 Å². The highest BCUT2D eigenvalue weighted by molar-refractivity contribution is 5.71. The zero-order valence-corrected chi connectivity index (χ0v) is 19.4. The molecule has 0 amide bonds. The summed E-state index contributed by atoms with van der Waals surface area (Å²) in [6.45, 7) is 4.89. The summed E-state index contributed by atoms with van der Waals surface area (Å²) in [6.07, 6.45) is 1.98. The highest BCUT2D eigenvalue weighted by atomic mass is 16.6. The van der Waals surface area contributed by atoms with E-state index in [1.807, 2.05) is 31.2 Å². The molecule has 0 aliphatic rings. The number of esters is 1. The van der Waals surface area contributed by atoms with Gasteiger partial charge in [0.1, 0.15) is 12.2 Å². The molecule has 0 radical (unpaired) electrons. The van der Waals surface area contributed by atoms with Crippen molar-refractivity contribution in [2.24, 2.45) is 0 Å². The molecule has 2 aromatic carbocycles. The second kappa shape index (κ2) is 11.3. The van der Waals surface area contributed by atoms with Crippen molar-refractivity contribution in [3.8, 4) is 34.5 Å². The summed E-state index contributed by atoms with van der Waals surface area (Å²) in [5.74, 6) is 1.43. The SMILES string of the molecule is CC=Cc1cc(OC)c(O[C@@H](C)[C@@H](O)c2cc(OC)c(OC)c(OC(C)=O)c2)c(OC)c1. The number of hydrogen-bond donors (Lipinski definition) is 1. The predicted molar refractivity (Wildman–Crippen MR) is 120 cm³/mol. The molecule has 0 aliphatic carbocycles. The first-order chi connectivity index (χ1) is 15.3. The van der Waals surface area contributed by atoms with E-state index in [2.05, 4.69) is 0 Å². The van der Waals surface area contributed by atoms with Crippen LogP contribution in [0.3, 0.4) is 0 Å². The summed E-state index contributed by atoms with van der Waals surface area (Å²) < 4.78 is 32.9. The van der Waals surface area contributed by atoms with Crippen molar-refractivity contribution in [3.05, 3.63) is 41.5 Å². The van der Waals surface area contributed by atoms with E-state index in [1.165, 1.54) is 41.4 Å². The van der Waals surface area contributed by atoms with E-state index >= 15 is 0 Å². The fraction of sp³-hybridized carbons (Fsp3) is 0.375. The standard InChI is InChI=1S/C24H30O8/c1-8-9-16-10-18(27-4)24(19(11-16)28-5)31-14(2)22(26)17-12-20(29-6)23(30-7)21(13-17)32-15(3)25/h8-14,22,26H,1-7H3/t14-,22+/m0/s1. The van der Waals surface area contributed by atoms with Crippen LogP contribution in [0.1, 0.15) is 38.0 Å². The fourth-order valence-electron chi connectivity index (χ4n) is 3.18. The molecule has 0 saturated carbocycles. The van der Waals surface area contributed by atoms with Crippen LogP contribution < -0.4 is 28.4 Å². The lowest BCUT2D eigenvalue weighted by molar-refractivity contribution is -0.132. The van der Waals surface area contributed by atoms with Crippen molar-refractivity contribution in [1.82, 2.24) is 0 Å². The molecule has 2 rings (SSSR count). The Morgan fingerprint density at radius 1 is 0.875 bits per heavy atom. The van der Waals surface area contributed by atoms with E-state index in [-0.39, 0.29) is 11.5 Å². The molecule has 8 nitrogen and oxygen atoms in total. The van der Waals surface area contributed by atoms with Gasteiger partial charge in [-0.25, -0.2) is 0 Å². The van der Waals surface area contributed by atoms with Gasteiger partial charge in [-0.2, -0.15) is 0 Å². The van der Waals surface area contributed by atoms with Crippen LogP contribution in [0.4, 0.5) is 0 Å². The van der Waals surface area contributed by atoms with Crippen LogP contribution in [0.2, 0.25) is 0 Å². The minimum Gasteiger partial charge on any atom is -0.493 e. The maximum atomic E-state index is 11.5. The smallest absolute Gasteiger partial charge is 0.308 e. The summed E-state index contributed by atoms with van der Waals surface area (Å²) in [5.41, 5.74) is 1.29. The summed E-state index contributed by atoms with van der Waals surface area (Å²) in [5, 5.41) is 11.0. The van der Waals surface area contributed by atoms with Gasteiger partial charge in [-0.1, -0.05) is 12.2 Å². The Kier molecular flexibility index (Phi) is 8.78. The molecule has 0 unspecified atom stereocenters. The lowest BCUT2D eigenvalue weighted by Gasteiger charge is -2.24.